The largest absolute Gasteiger partial charge is 0.294 e. The molecule has 1 aliphatic rings. The smallest absolute Gasteiger partial charge is 0.163 e. The monoisotopic (exact) mass is 371 g/mol. The van der Waals surface area contributed by atoms with Crippen molar-refractivity contribution in [2.45, 2.75) is 40.0 Å². The van der Waals surface area contributed by atoms with E-state index in [1.54, 1.807) is 0 Å². The topological polar surface area (TPSA) is 17.1 Å². The molecule has 1 radical (unpaired) electrons. The Kier molecular flexibility index (Phi) is 6.67. The molecule has 0 aliphatic heterocycles. The molecule has 0 spiro atoms. The standard InChI is InChI=1S/C27H31O/c1-19(2)23-15-16-24(25(17-23)20(3)4)27(28)18-26(21-11-7-5-8-12-21)22-13-9-6-10-14-22/h5-17,19-20,23,26H,18H2,1-4H3. The number of Topliss-reactive ketones (excluding diaryl/α,β-unsaturated/α-hetero) is 1. The lowest BCUT2D eigenvalue weighted by molar-refractivity contribution is -0.115. The van der Waals surface area contributed by atoms with Crippen molar-refractivity contribution in [3.63, 3.8) is 0 Å². The van der Waals surface area contributed by atoms with Gasteiger partial charge in [-0.05, 0) is 35.3 Å². The van der Waals surface area contributed by atoms with E-state index in [-0.39, 0.29) is 11.7 Å². The molecule has 28 heavy (non-hydrogen) atoms. The molecule has 1 nitrogen and oxygen atoms in total. The lowest BCUT2D eigenvalue weighted by Crippen LogP contribution is -2.20. The molecule has 0 saturated carbocycles. The van der Waals surface area contributed by atoms with Crippen LogP contribution in [0.15, 0.2) is 84.0 Å². The maximum Gasteiger partial charge on any atom is 0.163 e. The molecule has 0 saturated heterocycles. The molecule has 1 aliphatic carbocycles. The Morgan fingerprint density at radius 3 is 1.86 bits per heavy atom. The number of carbonyl (C=O) groups is 1. The van der Waals surface area contributed by atoms with Crippen molar-refractivity contribution in [3.05, 3.63) is 102 Å². The first kappa shape index (κ1) is 20.3. The van der Waals surface area contributed by atoms with Gasteiger partial charge in [0, 0.05) is 17.9 Å². The van der Waals surface area contributed by atoms with Gasteiger partial charge in [0.05, 0.1) is 0 Å². The van der Waals surface area contributed by atoms with Gasteiger partial charge in [0.15, 0.2) is 5.78 Å². The minimum atomic E-state index is 0.0760. The van der Waals surface area contributed by atoms with Gasteiger partial charge in [0.2, 0.25) is 0 Å². The molecule has 0 amide bonds. The van der Waals surface area contributed by atoms with Gasteiger partial charge in [-0.2, -0.15) is 0 Å². The van der Waals surface area contributed by atoms with Crippen LogP contribution < -0.4 is 0 Å². The second kappa shape index (κ2) is 9.19. The summed E-state index contributed by atoms with van der Waals surface area (Å²) < 4.78 is 0. The van der Waals surface area contributed by atoms with E-state index >= 15 is 0 Å². The van der Waals surface area contributed by atoms with E-state index in [4.69, 9.17) is 0 Å². The molecular formula is C27H31O. The van der Waals surface area contributed by atoms with Gasteiger partial charge in [-0.15, -0.1) is 0 Å². The Labute approximate surface area is 170 Å². The fourth-order valence-corrected chi connectivity index (χ4v) is 3.92. The van der Waals surface area contributed by atoms with Crippen LogP contribution in [-0.2, 0) is 4.79 Å². The van der Waals surface area contributed by atoms with Crippen LogP contribution in [0.1, 0.15) is 51.2 Å². The quantitative estimate of drug-likeness (QED) is 0.524. The van der Waals surface area contributed by atoms with Crippen molar-refractivity contribution in [1.82, 2.24) is 0 Å². The highest BCUT2D eigenvalue weighted by atomic mass is 16.1. The molecule has 1 heteroatoms. The summed E-state index contributed by atoms with van der Waals surface area (Å²) in [6.07, 6.45) is 7.08. The molecule has 2 aromatic carbocycles. The third kappa shape index (κ3) is 4.70. The van der Waals surface area contributed by atoms with E-state index in [1.807, 2.05) is 12.1 Å². The Bertz CT molecular complexity index is 801. The van der Waals surface area contributed by atoms with Gasteiger partial charge in [-0.25, -0.2) is 0 Å². The van der Waals surface area contributed by atoms with E-state index in [2.05, 4.69) is 94.8 Å². The summed E-state index contributed by atoms with van der Waals surface area (Å²) in [7, 11) is 0. The average molecular weight is 372 g/mol. The molecule has 0 heterocycles. The van der Waals surface area contributed by atoms with Gasteiger partial charge < -0.3 is 0 Å². The second-order valence-electron chi connectivity index (χ2n) is 8.37. The van der Waals surface area contributed by atoms with E-state index in [0.29, 0.717) is 24.2 Å². The van der Waals surface area contributed by atoms with Crippen LogP contribution in [-0.4, -0.2) is 5.78 Å². The van der Waals surface area contributed by atoms with E-state index in [1.165, 1.54) is 16.7 Å². The SMILES string of the molecule is CC(C)C1=C(C(=O)CC(c2ccccc2)c2ccccc2)C=CC(C(C)C)[CH]1. The predicted molar refractivity (Wildman–Crippen MR) is 118 cm³/mol. The lowest BCUT2D eigenvalue weighted by Gasteiger charge is -2.27. The van der Waals surface area contributed by atoms with Crippen LogP contribution in [0, 0.1) is 24.2 Å². The zero-order chi connectivity index (χ0) is 20.1. The molecule has 3 rings (SSSR count). The highest BCUT2D eigenvalue weighted by molar-refractivity contribution is 6.00. The fraction of sp³-hybridized carbons (Fsp3) is 0.333. The number of carbonyl (C=O) groups excluding carboxylic acids is 1. The average Bonchev–Trinajstić information content (AvgIpc) is 2.72. The number of hydrogen-bond acceptors (Lipinski definition) is 1. The maximum atomic E-state index is 13.4. The summed E-state index contributed by atoms with van der Waals surface area (Å²) >= 11 is 0. The van der Waals surface area contributed by atoms with Gasteiger partial charge in [0.1, 0.15) is 0 Å². The van der Waals surface area contributed by atoms with Crippen LogP contribution >= 0.6 is 0 Å². The highest BCUT2D eigenvalue weighted by Crippen LogP contribution is 2.35. The van der Waals surface area contributed by atoms with Crippen LogP contribution in [0.4, 0.5) is 0 Å². The Morgan fingerprint density at radius 1 is 0.857 bits per heavy atom. The molecular weight excluding hydrogens is 340 g/mol. The molecule has 0 N–H and O–H groups in total. The van der Waals surface area contributed by atoms with Crippen molar-refractivity contribution < 1.29 is 4.79 Å². The molecule has 0 aromatic heterocycles. The summed E-state index contributed by atoms with van der Waals surface area (Å²) in [5, 5.41) is 0. The third-order valence-electron chi connectivity index (χ3n) is 5.65. The van der Waals surface area contributed by atoms with Gasteiger partial charge in [-0.1, -0.05) is 106 Å². The lowest BCUT2D eigenvalue weighted by atomic mass is 9.77. The first-order valence-corrected chi connectivity index (χ1v) is 10.4. The summed E-state index contributed by atoms with van der Waals surface area (Å²) in [6, 6.07) is 20.8. The van der Waals surface area contributed by atoms with Crippen LogP contribution in [0.3, 0.4) is 0 Å². The normalized spacial score (nSPS) is 17.0. The number of hydrogen-bond donors (Lipinski definition) is 0. The summed E-state index contributed by atoms with van der Waals surface area (Å²) in [5.74, 6) is 1.61. The molecule has 1 unspecified atom stereocenters. The predicted octanol–water partition coefficient (Wildman–Crippen LogP) is 6.78. The number of ketones is 1. The molecule has 1 atom stereocenters. The van der Waals surface area contributed by atoms with E-state index in [0.717, 1.165) is 5.57 Å². The third-order valence-corrected chi connectivity index (χ3v) is 5.65. The highest BCUT2D eigenvalue weighted by Gasteiger charge is 2.26. The van der Waals surface area contributed by atoms with Gasteiger partial charge >= 0.3 is 0 Å². The minimum Gasteiger partial charge on any atom is -0.294 e. The van der Waals surface area contributed by atoms with Crippen molar-refractivity contribution in [2.75, 3.05) is 0 Å². The maximum absolute atomic E-state index is 13.4. The number of allylic oxidation sites excluding steroid dienone is 4. The molecule has 2 aromatic rings. The molecule has 0 bridgehead atoms. The van der Waals surface area contributed by atoms with Crippen LogP contribution in [0.2, 0.25) is 0 Å². The minimum absolute atomic E-state index is 0.0760. The van der Waals surface area contributed by atoms with Gasteiger partial charge in [-0.3, -0.25) is 4.79 Å². The van der Waals surface area contributed by atoms with Gasteiger partial charge in [0.25, 0.3) is 0 Å². The Morgan fingerprint density at radius 2 is 1.39 bits per heavy atom. The van der Waals surface area contributed by atoms with Crippen molar-refractivity contribution in [1.29, 1.82) is 0 Å². The Balaban J connectivity index is 1.92. The zero-order valence-electron chi connectivity index (χ0n) is 17.4. The first-order chi connectivity index (χ1) is 13.5. The Hall–Kier alpha value is -2.41. The van der Waals surface area contributed by atoms with Crippen molar-refractivity contribution in [2.24, 2.45) is 17.8 Å². The second-order valence-corrected chi connectivity index (χ2v) is 8.37. The number of rotatable bonds is 7. The van der Waals surface area contributed by atoms with Crippen LogP contribution in [0.25, 0.3) is 0 Å². The summed E-state index contributed by atoms with van der Waals surface area (Å²) in [4.78, 5) is 13.4. The van der Waals surface area contributed by atoms with Crippen molar-refractivity contribution >= 4 is 5.78 Å². The zero-order valence-corrected chi connectivity index (χ0v) is 17.4. The van der Waals surface area contributed by atoms with Crippen molar-refractivity contribution in [3.8, 4) is 0 Å². The van der Waals surface area contributed by atoms with Crippen LogP contribution in [0.5, 0.6) is 0 Å². The summed E-state index contributed by atoms with van der Waals surface area (Å²) in [5.41, 5.74) is 4.48. The fourth-order valence-electron chi connectivity index (χ4n) is 3.92. The van der Waals surface area contributed by atoms with E-state index < -0.39 is 0 Å². The summed E-state index contributed by atoms with van der Waals surface area (Å²) in [6.45, 7) is 8.83. The number of benzene rings is 2. The molecule has 0 fully saturated rings. The van der Waals surface area contributed by atoms with E-state index in [9.17, 15) is 4.79 Å². The first-order valence-electron chi connectivity index (χ1n) is 10.4. The molecule has 145 valence electrons.